The molecule has 0 atom stereocenters. The van der Waals surface area contributed by atoms with Crippen molar-refractivity contribution in [3.05, 3.63) is 72.8 Å². The van der Waals surface area contributed by atoms with Crippen molar-refractivity contribution < 1.29 is 4.74 Å². The zero-order valence-corrected chi connectivity index (χ0v) is 13.2. The summed E-state index contributed by atoms with van der Waals surface area (Å²) in [5.74, 6) is 3.96. The fourth-order valence-electron chi connectivity index (χ4n) is 1.99. The van der Waals surface area contributed by atoms with Gasteiger partial charge in [0.2, 0.25) is 0 Å². The van der Waals surface area contributed by atoms with Crippen LogP contribution in [0.25, 0.3) is 10.8 Å². The van der Waals surface area contributed by atoms with Gasteiger partial charge in [-0.25, -0.2) is 0 Å². The van der Waals surface area contributed by atoms with Gasteiger partial charge in [-0.3, -0.25) is 0 Å². The molecule has 0 bridgehead atoms. The Balaban J connectivity index is 1.57. The van der Waals surface area contributed by atoms with Gasteiger partial charge in [0.05, 0.1) is 0 Å². The van der Waals surface area contributed by atoms with Crippen LogP contribution in [0.2, 0.25) is 0 Å². The van der Waals surface area contributed by atoms with E-state index in [4.69, 9.17) is 4.74 Å². The Bertz CT molecular complexity index is 785. The molecule has 0 saturated carbocycles. The van der Waals surface area contributed by atoms with Gasteiger partial charge in [-0.2, -0.15) is 0 Å². The maximum atomic E-state index is 5.69. The first-order valence-electron chi connectivity index (χ1n) is 6.73. The predicted molar refractivity (Wildman–Crippen MR) is 89.0 cm³/mol. The van der Waals surface area contributed by atoms with Crippen molar-refractivity contribution in [2.45, 2.75) is 0 Å². The summed E-state index contributed by atoms with van der Waals surface area (Å²) in [6, 6.07) is 24.7. The topological polar surface area (TPSA) is 9.23 Å². The molecule has 0 aromatic heterocycles. The summed E-state index contributed by atoms with van der Waals surface area (Å²) in [6.45, 7) is 0.437. The third-order valence-electron chi connectivity index (χ3n) is 3.02. The molecular formula is C19H14OSe. The first-order valence-corrected chi connectivity index (χ1v) is 8.44. The van der Waals surface area contributed by atoms with E-state index in [2.05, 4.69) is 47.1 Å². The number of benzene rings is 3. The molecule has 0 fully saturated rings. The first-order chi connectivity index (χ1) is 10.4. The third kappa shape index (κ3) is 3.89. The average Bonchev–Trinajstić information content (AvgIpc) is 2.55. The van der Waals surface area contributed by atoms with Crippen molar-refractivity contribution in [3.63, 3.8) is 0 Å². The fraction of sp³-hybridized carbons (Fsp3) is 0.0526. The maximum absolute atomic E-state index is 5.69. The van der Waals surface area contributed by atoms with E-state index in [0.717, 1.165) is 5.75 Å². The molecule has 0 saturated heterocycles. The average molecular weight is 337 g/mol. The minimum absolute atomic E-state index is 0.202. The van der Waals surface area contributed by atoms with Crippen molar-refractivity contribution in [2.75, 3.05) is 6.61 Å². The van der Waals surface area contributed by atoms with Gasteiger partial charge in [-0.05, 0) is 0 Å². The van der Waals surface area contributed by atoms with Gasteiger partial charge in [0, 0.05) is 0 Å². The quantitative estimate of drug-likeness (QED) is 0.527. The Morgan fingerprint density at radius 3 is 2.43 bits per heavy atom. The SMILES string of the molecule is C(#C[Se]c1ccccc1)COc1ccc2ccccc2c1. The molecule has 0 N–H and O–H groups in total. The van der Waals surface area contributed by atoms with Crippen LogP contribution in [0.1, 0.15) is 0 Å². The van der Waals surface area contributed by atoms with Gasteiger partial charge in [-0.15, -0.1) is 0 Å². The molecule has 0 aliphatic rings. The molecule has 0 heterocycles. The van der Waals surface area contributed by atoms with Crippen LogP contribution in [0.5, 0.6) is 5.75 Å². The van der Waals surface area contributed by atoms with Crippen molar-refractivity contribution >= 4 is 30.2 Å². The second kappa shape index (κ2) is 6.99. The van der Waals surface area contributed by atoms with Gasteiger partial charge in [0.25, 0.3) is 0 Å². The number of hydrogen-bond donors (Lipinski definition) is 0. The summed E-state index contributed by atoms with van der Waals surface area (Å²) in [4.78, 5) is 3.20. The van der Waals surface area contributed by atoms with Crippen LogP contribution in [0.3, 0.4) is 0 Å². The molecular weight excluding hydrogens is 323 g/mol. The number of hydrogen-bond acceptors (Lipinski definition) is 1. The summed E-state index contributed by atoms with van der Waals surface area (Å²) < 4.78 is 6.98. The zero-order chi connectivity index (χ0) is 14.3. The molecule has 0 unspecified atom stereocenters. The van der Waals surface area contributed by atoms with Gasteiger partial charge >= 0.3 is 131 Å². The minimum atomic E-state index is 0.202. The van der Waals surface area contributed by atoms with E-state index in [1.54, 1.807) is 0 Å². The molecule has 0 aliphatic carbocycles. The molecule has 102 valence electrons. The van der Waals surface area contributed by atoms with Crippen molar-refractivity contribution in [1.29, 1.82) is 0 Å². The predicted octanol–water partition coefficient (Wildman–Crippen LogP) is 3.21. The summed E-state index contributed by atoms with van der Waals surface area (Å²) in [5.41, 5.74) is 0. The fourth-order valence-corrected chi connectivity index (χ4v) is 3.13. The van der Waals surface area contributed by atoms with Crippen molar-refractivity contribution in [1.82, 2.24) is 0 Å². The van der Waals surface area contributed by atoms with Gasteiger partial charge in [0.1, 0.15) is 0 Å². The van der Waals surface area contributed by atoms with Crippen LogP contribution in [0.4, 0.5) is 0 Å². The van der Waals surface area contributed by atoms with Crippen LogP contribution in [-0.2, 0) is 0 Å². The number of rotatable bonds is 3. The summed E-state index contributed by atoms with van der Waals surface area (Å²) >= 11 is 0.202. The molecule has 0 spiro atoms. The Morgan fingerprint density at radius 2 is 1.57 bits per heavy atom. The van der Waals surface area contributed by atoms with E-state index in [-0.39, 0.29) is 15.0 Å². The Hall–Kier alpha value is -2.20. The Labute approximate surface area is 131 Å². The summed E-state index contributed by atoms with van der Waals surface area (Å²) in [5, 5.41) is 2.42. The number of fused-ring (bicyclic) bond motifs is 1. The van der Waals surface area contributed by atoms with Crippen LogP contribution in [-0.4, -0.2) is 21.6 Å². The van der Waals surface area contributed by atoms with Crippen LogP contribution < -0.4 is 9.20 Å². The van der Waals surface area contributed by atoms with Crippen LogP contribution in [0.15, 0.2) is 72.8 Å². The summed E-state index contributed by atoms with van der Waals surface area (Å²) in [7, 11) is 0. The monoisotopic (exact) mass is 338 g/mol. The van der Waals surface area contributed by atoms with Gasteiger partial charge in [-0.1, -0.05) is 0 Å². The molecule has 0 radical (unpaired) electrons. The van der Waals surface area contributed by atoms with E-state index >= 15 is 0 Å². The molecule has 1 nitrogen and oxygen atoms in total. The van der Waals surface area contributed by atoms with Gasteiger partial charge < -0.3 is 0 Å². The molecule has 3 aromatic rings. The molecule has 3 aromatic carbocycles. The standard InChI is InChI=1S/C19H14OSe/c1-2-9-19(10-3-1)21-14-6-13-20-18-12-11-16-7-4-5-8-17(16)15-18/h1-5,7-12,15H,13H2. The van der Waals surface area contributed by atoms with E-state index in [1.165, 1.54) is 15.2 Å². The molecule has 0 aliphatic heterocycles. The third-order valence-corrected chi connectivity index (χ3v) is 4.60. The van der Waals surface area contributed by atoms with E-state index in [0.29, 0.717) is 6.61 Å². The zero-order valence-electron chi connectivity index (χ0n) is 11.5. The number of ether oxygens (including phenoxy) is 1. The molecule has 21 heavy (non-hydrogen) atoms. The van der Waals surface area contributed by atoms with Crippen LogP contribution in [0, 0.1) is 10.7 Å². The van der Waals surface area contributed by atoms with E-state index < -0.39 is 0 Å². The summed E-state index contributed by atoms with van der Waals surface area (Å²) in [6.07, 6.45) is 0. The van der Waals surface area contributed by atoms with E-state index in [9.17, 15) is 0 Å². The second-order valence-corrected chi connectivity index (χ2v) is 6.34. The normalized spacial score (nSPS) is 9.90. The molecule has 0 amide bonds. The Kier molecular flexibility index (Phi) is 4.59. The molecule has 2 heteroatoms. The molecule has 3 rings (SSSR count). The van der Waals surface area contributed by atoms with Crippen molar-refractivity contribution in [3.8, 4) is 16.5 Å². The first kappa shape index (κ1) is 13.8. The van der Waals surface area contributed by atoms with E-state index in [1.807, 2.05) is 36.4 Å². The Morgan fingerprint density at radius 1 is 0.810 bits per heavy atom. The van der Waals surface area contributed by atoms with Gasteiger partial charge in [0.15, 0.2) is 0 Å². The van der Waals surface area contributed by atoms with Crippen LogP contribution >= 0.6 is 0 Å². The second-order valence-electron chi connectivity index (χ2n) is 4.49. The van der Waals surface area contributed by atoms with Crippen molar-refractivity contribution in [2.24, 2.45) is 0 Å².